The van der Waals surface area contributed by atoms with E-state index in [9.17, 15) is 0 Å². The number of allylic oxidation sites excluding steroid dienone is 4. The molecule has 0 heterocycles. The quantitative estimate of drug-likeness (QED) is 0.473. The SMILES string of the molecule is C#C/C=C\CCCCCC/C=C\C#CCCCC#CC#C[C@@H](O)CO. The highest BCUT2D eigenvalue weighted by Crippen LogP contribution is 2.06. The second-order valence-electron chi connectivity index (χ2n) is 5.41. The summed E-state index contributed by atoms with van der Waals surface area (Å²) in [6.07, 6.45) is 21.6. The number of rotatable bonds is 10. The normalized spacial score (nSPS) is 10.9. The summed E-state index contributed by atoms with van der Waals surface area (Å²) >= 11 is 0. The van der Waals surface area contributed by atoms with Gasteiger partial charge in [0.1, 0.15) is 6.10 Å². The first kappa shape index (κ1) is 22.6. The number of hydrogen-bond donors (Lipinski definition) is 2. The Morgan fingerprint density at radius 3 is 2.20 bits per heavy atom. The monoisotopic (exact) mass is 336 g/mol. The van der Waals surface area contributed by atoms with E-state index < -0.39 is 6.10 Å². The third-order valence-electron chi connectivity index (χ3n) is 3.18. The van der Waals surface area contributed by atoms with Gasteiger partial charge in [0.15, 0.2) is 0 Å². The summed E-state index contributed by atoms with van der Waals surface area (Å²) in [6.45, 7) is -0.359. The van der Waals surface area contributed by atoms with Gasteiger partial charge < -0.3 is 10.2 Å². The molecular formula is C23H28O2. The van der Waals surface area contributed by atoms with Crippen molar-refractivity contribution in [2.24, 2.45) is 0 Å². The number of aliphatic hydroxyl groups is 2. The number of aliphatic hydroxyl groups excluding tert-OH is 2. The minimum absolute atomic E-state index is 0.359. The van der Waals surface area contributed by atoms with Crippen molar-refractivity contribution < 1.29 is 10.2 Å². The van der Waals surface area contributed by atoms with Gasteiger partial charge in [-0.1, -0.05) is 54.6 Å². The highest BCUT2D eigenvalue weighted by molar-refractivity contribution is 5.27. The van der Waals surface area contributed by atoms with Gasteiger partial charge in [-0.3, -0.25) is 0 Å². The van der Waals surface area contributed by atoms with E-state index in [1.807, 2.05) is 6.08 Å². The topological polar surface area (TPSA) is 40.5 Å². The Morgan fingerprint density at radius 2 is 1.52 bits per heavy atom. The van der Waals surface area contributed by atoms with Gasteiger partial charge in [-0.2, -0.15) is 0 Å². The van der Waals surface area contributed by atoms with Crippen LogP contribution >= 0.6 is 0 Å². The molecule has 0 aliphatic rings. The predicted molar refractivity (Wildman–Crippen MR) is 105 cm³/mol. The lowest BCUT2D eigenvalue weighted by Gasteiger charge is -1.95. The molecule has 2 heteroatoms. The van der Waals surface area contributed by atoms with Gasteiger partial charge in [-0.05, 0) is 56.1 Å². The van der Waals surface area contributed by atoms with Crippen LogP contribution < -0.4 is 0 Å². The highest BCUT2D eigenvalue weighted by Gasteiger charge is 1.90. The Labute approximate surface area is 153 Å². The lowest BCUT2D eigenvalue weighted by molar-refractivity contribution is 0.138. The maximum atomic E-state index is 8.98. The zero-order chi connectivity index (χ0) is 18.4. The first-order chi connectivity index (χ1) is 12.3. The fourth-order valence-electron chi connectivity index (χ4n) is 1.84. The van der Waals surface area contributed by atoms with Crippen molar-refractivity contribution in [3.63, 3.8) is 0 Å². The molecule has 0 amide bonds. The highest BCUT2D eigenvalue weighted by atomic mass is 16.3. The second kappa shape index (κ2) is 19.7. The zero-order valence-electron chi connectivity index (χ0n) is 14.9. The van der Waals surface area contributed by atoms with E-state index in [2.05, 4.69) is 53.6 Å². The van der Waals surface area contributed by atoms with Crippen LogP contribution in [-0.4, -0.2) is 22.9 Å². The molecule has 0 aromatic carbocycles. The molecule has 0 unspecified atom stereocenters. The molecule has 0 aliphatic carbocycles. The molecule has 2 N–H and O–H groups in total. The number of terminal acetylenes is 1. The van der Waals surface area contributed by atoms with E-state index >= 15 is 0 Å². The van der Waals surface area contributed by atoms with Gasteiger partial charge in [-0.25, -0.2) is 0 Å². The molecule has 0 rings (SSSR count). The second-order valence-corrected chi connectivity index (χ2v) is 5.41. The van der Waals surface area contributed by atoms with Crippen molar-refractivity contribution >= 4 is 0 Å². The van der Waals surface area contributed by atoms with Crippen molar-refractivity contribution in [1.82, 2.24) is 0 Å². The third kappa shape index (κ3) is 19.6. The van der Waals surface area contributed by atoms with Gasteiger partial charge in [0.2, 0.25) is 0 Å². The standard InChI is InChI=1S/C23H28O2/c1-2-3-4-5-6-7-8-9-10-11-12-13-14-15-16-17-18-19-20-21-23(25)22-24/h1,3-4,11-12,23-25H,5-10,15-17,22H2/b4-3-,12-11-/t23-/m1/s1. The molecule has 0 saturated carbocycles. The molecule has 0 bridgehead atoms. The van der Waals surface area contributed by atoms with Crippen LogP contribution in [0.1, 0.15) is 57.8 Å². The Kier molecular flexibility index (Phi) is 17.8. The van der Waals surface area contributed by atoms with Gasteiger partial charge in [0, 0.05) is 12.8 Å². The molecule has 0 aromatic rings. The predicted octanol–water partition coefficient (Wildman–Crippen LogP) is 3.61. The molecule has 132 valence electrons. The Balaban J connectivity index is 3.51. The first-order valence-electron chi connectivity index (χ1n) is 8.83. The van der Waals surface area contributed by atoms with Crippen molar-refractivity contribution in [3.05, 3.63) is 24.3 Å². The molecule has 0 fully saturated rings. The summed E-state index contributed by atoms with van der Waals surface area (Å²) in [6, 6.07) is 0. The summed E-state index contributed by atoms with van der Waals surface area (Å²) in [5.74, 6) is 19.1. The van der Waals surface area contributed by atoms with Crippen molar-refractivity contribution in [2.75, 3.05) is 6.61 Å². The first-order valence-corrected chi connectivity index (χ1v) is 8.83. The largest absolute Gasteiger partial charge is 0.393 e. The van der Waals surface area contributed by atoms with E-state index in [0.29, 0.717) is 0 Å². The molecule has 25 heavy (non-hydrogen) atoms. The summed E-state index contributed by atoms with van der Waals surface area (Å²) < 4.78 is 0. The van der Waals surface area contributed by atoms with Crippen molar-refractivity contribution in [2.45, 2.75) is 63.9 Å². The molecule has 2 nitrogen and oxygen atoms in total. The van der Waals surface area contributed by atoms with E-state index in [1.165, 1.54) is 25.7 Å². The van der Waals surface area contributed by atoms with Crippen LogP contribution in [0.25, 0.3) is 0 Å². The Bertz CT molecular complexity index is 600. The summed E-state index contributed by atoms with van der Waals surface area (Å²) in [7, 11) is 0. The third-order valence-corrected chi connectivity index (χ3v) is 3.18. The van der Waals surface area contributed by atoms with Crippen molar-refractivity contribution in [1.29, 1.82) is 0 Å². The van der Waals surface area contributed by atoms with Crippen LogP contribution in [0.5, 0.6) is 0 Å². The number of hydrogen-bond acceptors (Lipinski definition) is 2. The minimum atomic E-state index is -0.997. The van der Waals surface area contributed by atoms with Crippen LogP contribution in [0.4, 0.5) is 0 Å². The summed E-state index contributed by atoms with van der Waals surface area (Å²) in [5, 5.41) is 17.5. The zero-order valence-corrected chi connectivity index (χ0v) is 14.9. The fraction of sp³-hybridized carbons (Fsp3) is 0.478. The van der Waals surface area contributed by atoms with Crippen LogP contribution in [-0.2, 0) is 0 Å². The lowest BCUT2D eigenvalue weighted by atomic mass is 10.1. The smallest absolute Gasteiger partial charge is 0.138 e. The van der Waals surface area contributed by atoms with E-state index in [-0.39, 0.29) is 6.61 Å². The average molecular weight is 336 g/mol. The summed E-state index contributed by atoms with van der Waals surface area (Å²) in [5.41, 5.74) is 0. The average Bonchev–Trinajstić information content (AvgIpc) is 2.63. The van der Waals surface area contributed by atoms with Crippen LogP contribution in [0, 0.1) is 47.9 Å². The van der Waals surface area contributed by atoms with Crippen LogP contribution in [0.3, 0.4) is 0 Å². The molecule has 0 radical (unpaired) electrons. The molecule has 1 atom stereocenters. The van der Waals surface area contributed by atoms with E-state index in [1.54, 1.807) is 6.08 Å². The van der Waals surface area contributed by atoms with Gasteiger partial charge in [0.05, 0.1) is 6.61 Å². The number of unbranched alkanes of at least 4 members (excludes halogenated alkanes) is 7. The Hall–Kier alpha value is -2.36. The molecule has 0 aliphatic heterocycles. The molecule has 0 saturated heterocycles. The van der Waals surface area contributed by atoms with Gasteiger partial charge in [0.25, 0.3) is 0 Å². The maximum absolute atomic E-state index is 8.98. The lowest BCUT2D eigenvalue weighted by Crippen LogP contribution is -2.07. The van der Waals surface area contributed by atoms with Crippen molar-refractivity contribution in [3.8, 4) is 47.9 Å². The summed E-state index contributed by atoms with van der Waals surface area (Å²) in [4.78, 5) is 0. The Morgan fingerprint density at radius 1 is 0.840 bits per heavy atom. The molecule has 0 aromatic heterocycles. The molecule has 0 spiro atoms. The van der Waals surface area contributed by atoms with E-state index in [0.717, 1.165) is 32.1 Å². The minimum Gasteiger partial charge on any atom is -0.393 e. The van der Waals surface area contributed by atoms with Gasteiger partial charge >= 0.3 is 0 Å². The van der Waals surface area contributed by atoms with E-state index in [4.69, 9.17) is 16.6 Å². The van der Waals surface area contributed by atoms with Gasteiger partial charge in [-0.15, -0.1) is 6.42 Å². The molecular weight excluding hydrogens is 308 g/mol. The van der Waals surface area contributed by atoms with Crippen LogP contribution in [0.15, 0.2) is 24.3 Å². The van der Waals surface area contributed by atoms with Crippen LogP contribution in [0.2, 0.25) is 0 Å². The maximum Gasteiger partial charge on any atom is 0.138 e. The fourth-order valence-corrected chi connectivity index (χ4v) is 1.84.